The number of carbonyl (C=O) groups excluding carboxylic acids is 1. The summed E-state index contributed by atoms with van der Waals surface area (Å²) >= 11 is 0. The highest BCUT2D eigenvalue weighted by atomic mass is 16.4. The minimum absolute atomic E-state index is 0.000648. The van der Waals surface area contributed by atoms with Crippen LogP contribution in [0.15, 0.2) is 0 Å². The van der Waals surface area contributed by atoms with E-state index in [1.807, 2.05) is 13.8 Å². The molecular formula is C11H17NO3. The lowest BCUT2D eigenvalue weighted by Gasteiger charge is -2.36. The van der Waals surface area contributed by atoms with E-state index >= 15 is 0 Å². The Hall–Kier alpha value is -1.06. The van der Waals surface area contributed by atoms with Gasteiger partial charge in [0.1, 0.15) is 0 Å². The molecule has 0 radical (unpaired) electrons. The fraction of sp³-hybridized carbons (Fsp3) is 0.818. The van der Waals surface area contributed by atoms with Crippen molar-refractivity contribution >= 4 is 11.9 Å². The summed E-state index contributed by atoms with van der Waals surface area (Å²) in [5, 5.41) is 8.89. The smallest absolute Gasteiger partial charge is 0.308 e. The van der Waals surface area contributed by atoms with Crippen LogP contribution in [0, 0.1) is 11.8 Å². The van der Waals surface area contributed by atoms with Gasteiger partial charge in [-0.25, -0.2) is 0 Å². The molecule has 0 aromatic heterocycles. The van der Waals surface area contributed by atoms with E-state index in [0.29, 0.717) is 12.5 Å². The Morgan fingerprint density at radius 1 is 1.47 bits per heavy atom. The van der Waals surface area contributed by atoms with Crippen molar-refractivity contribution in [1.29, 1.82) is 0 Å². The summed E-state index contributed by atoms with van der Waals surface area (Å²) in [4.78, 5) is 24.3. The summed E-state index contributed by atoms with van der Waals surface area (Å²) in [6.45, 7) is 4.48. The minimum Gasteiger partial charge on any atom is -0.481 e. The zero-order chi connectivity index (χ0) is 11.2. The van der Waals surface area contributed by atoms with E-state index in [4.69, 9.17) is 5.11 Å². The Morgan fingerprint density at radius 2 is 2.07 bits per heavy atom. The van der Waals surface area contributed by atoms with Crippen LogP contribution in [0.3, 0.4) is 0 Å². The molecule has 1 aliphatic carbocycles. The summed E-state index contributed by atoms with van der Waals surface area (Å²) in [6, 6.07) is 0. The number of likely N-dealkylation sites (tertiary alicyclic amines) is 1. The normalized spacial score (nSPS) is 27.2. The van der Waals surface area contributed by atoms with Crippen LogP contribution in [0.25, 0.3) is 0 Å². The molecule has 1 atom stereocenters. The predicted octanol–water partition coefficient (Wildman–Crippen LogP) is 1.11. The van der Waals surface area contributed by atoms with E-state index in [1.165, 1.54) is 0 Å². The summed E-state index contributed by atoms with van der Waals surface area (Å²) in [5.74, 6) is -0.790. The van der Waals surface area contributed by atoms with Crippen molar-refractivity contribution in [3.63, 3.8) is 0 Å². The van der Waals surface area contributed by atoms with Crippen molar-refractivity contribution in [2.45, 2.75) is 38.6 Å². The van der Waals surface area contributed by atoms with Gasteiger partial charge in [0, 0.05) is 18.5 Å². The zero-order valence-corrected chi connectivity index (χ0v) is 9.19. The molecule has 1 unspecified atom stereocenters. The molecule has 0 spiro atoms. The molecule has 1 saturated carbocycles. The van der Waals surface area contributed by atoms with Crippen molar-refractivity contribution < 1.29 is 14.7 Å². The number of aliphatic carboxylic acids is 1. The van der Waals surface area contributed by atoms with Gasteiger partial charge < -0.3 is 10.0 Å². The lowest BCUT2D eigenvalue weighted by atomic mass is 9.96. The first-order valence-electron chi connectivity index (χ1n) is 5.46. The van der Waals surface area contributed by atoms with Crippen molar-refractivity contribution in [3.8, 4) is 0 Å². The third-order valence-corrected chi connectivity index (χ3v) is 3.75. The van der Waals surface area contributed by atoms with Crippen molar-refractivity contribution in [2.75, 3.05) is 6.54 Å². The zero-order valence-electron chi connectivity index (χ0n) is 9.19. The van der Waals surface area contributed by atoms with E-state index in [9.17, 15) is 9.59 Å². The molecule has 0 bridgehead atoms. The summed E-state index contributed by atoms with van der Waals surface area (Å²) < 4.78 is 0. The molecule has 2 fully saturated rings. The summed E-state index contributed by atoms with van der Waals surface area (Å²) in [7, 11) is 0. The van der Waals surface area contributed by atoms with E-state index in [2.05, 4.69) is 0 Å². The van der Waals surface area contributed by atoms with Gasteiger partial charge in [0.2, 0.25) is 5.91 Å². The SMILES string of the molecule is CC(C)(C1CC1)N1CC(C(=O)O)CC1=O. The molecule has 0 aromatic carbocycles. The molecule has 4 heteroatoms. The van der Waals surface area contributed by atoms with Crippen LogP contribution in [-0.2, 0) is 9.59 Å². The molecule has 1 amide bonds. The maximum atomic E-state index is 11.7. The Morgan fingerprint density at radius 3 is 2.47 bits per heavy atom. The quantitative estimate of drug-likeness (QED) is 0.760. The maximum absolute atomic E-state index is 11.7. The fourth-order valence-electron chi connectivity index (χ4n) is 2.44. The average Bonchev–Trinajstić information content (AvgIpc) is 2.89. The van der Waals surface area contributed by atoms with Crippen LogP contribution in [0.4, 0.5) is 0 Å². The fourth-order valence-corrected chi connectivity index (χ4v) is 2.44. The number of carbonyl (C=O) groups is 2. The first-order chi connectivity index (χ1) is 6.93. The van der Waals surface area contributed by atoms with Gasteiger partial charge in [-0.1, -0.05) is 0 Å². The van der Waals surface area contributed by atoms with E-state index < -0.39 is 11.9 Å². The molecule has 1 heterocycles. The largest absolute Gasteiger partial charge is 0.481 e. The van der Waals surface area contributed by atoms with Crippen molar-refractivity contribution in [3.05, 3.63) is 0 Å². The number of rotatable bonds is 3. The molecule has 15 heavy (non-hydrogen) atoms. The highest BCUT2D eigenvalue weighted by Gasteiger charge is 2.48. The Kier molecular flexibility index (Phi) is 2.24. The minimum atomic E-state index is -0.850. The lowest BCUT2D eigenvalue weighted by molar-refractivity contribution is -0.141. The van der Waals surface area contributed by atoms with Crippen LogP contribution < -0.4 is 0 Å². The van der Waals surface area contributed by atoms with Crippen LogP contribution >= 0.6 is 0 Å². The molecule has 2 rings (SSSR count). The van der Waals surface area contributed by atoms with Crippen LogP contribution in [0.2, 0.25) is 0 Å². The van der Waals surface area contributed by atoms with Gasteiger partial charge in [-0.15, -0.1) is 0 Å². The van der Waals surface area contributed by atoms with Gasteiger partial charge in [0.15, 0.2) is 0 Å². The number of hydrogen-bond donors (Lipinski definition) is 1. The molecule has 1 N–H and O–H groups in total. The van der Waals surface area contributed by atoms with Crippen molar-refractivity contribution in [2.24, 2.45) is 11.8 Å². The van der Waals surface area contributed by atoms with Gasteiger partial charge in [-0.2, -0.15) is 0 Å². The highest BCUT2D eigenvalue weighted by molar-refractivity contribution is 5.86. The highest BCUT2D eigenvalue weighted by Crippen LogP contribution is 2.44. The summed E-state index contributed by atoms with van der Waals surface area (Å²) in [6.07, 6.45) is 2.49. The second-order valence-corrected chi connectivity index (χ2v) is 5.17. The number of carboxylic acids is 1. The maximum Gasteiger partial charge on any atom is 0.308 e. The monoisotopic (exact) mass is 211 g/mol. The summed E-state index contributed by atoms with van der Waals surface area (Å²) in [5.41, 5.74) is -0.152. The molecular weight excluding hydrogens is 194 g/mol. The third kappa shape index (κ3) is 1.73. The molecule has 84 valence electrons. The van der Waals surface area contributed by atoms with Crippen LogP contribution in [0.1, 0.15) is 33.1 Å². The van der Waals surface area contributed by atoms with Crippen LogP contribution in [0.5, 0.6) is 0 Å². The molecule has 1 aliphatic heterocycles. The van der Waals surface area contributed by atoms with Gasteiger partial charge in [-0.3, -0.25) is 9.59 Å². The molecule has 2 aliphatic rings. The first-order valence-corrected chi connectivity index (χ1v) is 5.46. The van der Waals surface area contributed by atoms with Gasteiger partial charge in [-0.05, 0) is 32.6 Å². The van der Waals surface area contributed by atoms with Gasteiger partial charge in [0.05, 0.1) is 5.92 Å². The standard InChI is InChI=1S/C11H17NO3/c1-11(2,8-3-4-8)12-6-7(10(14)15)5-9(12)13/h7-8H,3-6H2,1-2H3,(H,14,15). The first kappa shape index (κ1) is 10.5. The van der Waals surface area contributed by atoms with Crippen LogP contribution in [-0.4, -0.2) is 34.0 Å². The second-order valence-electron chi connectivity index (χ2n) is 5.17. The Balaban J connectivity index is 2.10. The molecule has 1 saturated heterocycles. The second kappa shape index (κ2) is 3.22. The average molecular weight is 211 g/mol. The van der Waals surface area contributed by atoms with E-state index in [0.717, 1.165) is 12.8 Å². The molecule has 4 nitrogen and oxygen atoms in total. The van der Waals surface area contributed by atoms with E-state index in [1.54, 1.807) is 4.90 Å². The predicted molar refractivity (Wildman–Crippen MR) is 54.3 cm³/mol. The topological polar surface area (TPSA) is 57.6 Å². The number of amides is 1. The van der Waals surface area contributed by atoms with E-state index in [-0.39, 0.29) is 17.9 Å². The third-order valence-electron chi connectivity index (χ3n) is 3.75. The van der Waals surface area contributed by atoms with Crippen molar-refractivity contribution in [1.82, 2.24) is 4.90 Å². The van der Waals surface area contributed by atoms with Gasteiger partial charge >= 0.3 is 5.97 Å². The lowest BCUT2D eigenvalue weighted by Crippen LogP contribution is -2.46. The Labute approximate surface area is 89.3 Å². The molecule has 0 aromatic rings. The number of hydrogen-bond acceptors (Lipinski definition) is 2. The number of carboxylic acid groups (broad SMARTS) is 1. The Bertz CT molecular complexity index is 307. The van der Waals surface area contributed by atoms with Gasteiger partial charge in [0.25, 0.3) is 0 Å². The number of nitrogens with zero attached hydrogens (tertiary/aromatic N) is 1.